The number of likely N-dealkylation sites (tertiary alicyclic amines) is 1. The molecular formula is C7H11Cl4F2NO. The van der Waals surface area contributed by atoms with Gasteiger partial charge in [0.25, 0.3) is 0 Å². The first-order valence-electron chi connectivity index (χ1n) is 3.84. The average molecular weight is 305 g/mol. The fourth-order valence-electron chi connectivity index (χ4n) is 0.783. The fourth-order valence-corrected chi connectivity index (χ4v) is 0.783. The zero-order valence-electron chi connectivity index (χ0n) is 7.95. The maximum absolute atomic E-state index is 10.6. The van der Waals surface area contributed by atoms with Crippen molar-refractivity contribution < 1.29 is 13.6 Å². The molecule has 15 heavy (non-hydrogen) atoms. The van der Waals surface area contributed by atoms with Gasteiger partial charge in [0.1, 0.15) is 0 Å². The minimum Gasteiger partial charge on any atom is -0.346 e. The normalized spacial score (nSPS) is 15.1. The maximum atomic E-state index is 10.6. The first-order chi connectivity index (χ1) is 6.72. The van der Waals surface area contributed by atoms with Crippen molar-refractivity contribution in [2.45, 2.75) is 17.7 Å². The zero-order chi connectivity index (χ0) is 12.5. The Bertz CT molecular complexity index is 171. The Morgan fingerprint density at radius 1 is 1.40 bits per heavy atom. The third-order valence-electron chi connectivity index (χ3n) is 1.31. The summed E-state index contributed by atoms with van der Waals surface area (Å²) in [4.78, 5) is 8.71. The molecule has 0 spiro atoms. The van der Waals surface area contributed by atoms with Crippen LogP contribution in [0.1, 0.15) is 12.8 Å². The summed E-state index contributed by atoms with van der Waals surface area (Å²) in [5.74, 6) is 0.292. The molecule has 1 amide bonds. The van der Waals surface area contributed by atoms with E-state index in [2.05, 4.69) is 23.2 Å². The van der Waals surface area contributed by atoms with Gasteiger partial charge in [0.05, 0.1) is 5.34 Å². The number of amides is 1. The molecule has 1 rings (SSSR count). The Balaban J connectivity index is 0. The molecule has 0 saturated carbocycles. The van der Waals surface area contributed by atoms with Gasteiger partial charge in [-0.05, 0) is 29.6 Å². The van der Waals surface area contributed by atoms with E-state index in [1.54, 1.807) is 4.90 Å². The molecule has 0 N–H and O–H groups in total. The lowest BCUT2D eigenvalue weighted by molar-refractivity contribution is -0.126. The quantitative estimate of drug-likeness (QED) is 0.625. The monoisotopic (exact) mass is 303 g/mol. The van der Waals surface area contributed by atoms with Crippen molar-refractivity contribution in [1.29, 1.82) is 0 Å². The van der Waals surface area contributed by atoms with Crippen LogP contribution < -0.4 is 0 Å². The Labute approximate surface area is 107 Å². The Morgan fingerprint density at radius 2 is 1.73 bits per heavy atom. The molecule has 0 bridgehead atoms. The highest BCUT2D eigenvalue weighted by Gasteiger charge is 2.17. The Hall–Kier alpha value is 0.490. The van der Waals surface area contributed by atoms with Crippen LogP contribution in [0.4, 0.5) is 8.78 Å². The van der Waals surface area contributed by atoms with Crippen molar-refractivity contribution in [3.8, 4) is 0 Å². The fraction of sp³-hybridized carbons (Fsp3) is 0.857. The molecule has 92 valence electrons. The van der Waals surface area contributed by atoms with Crippen LogP contribution in [0.25, 0.3) is 0 Å². The summed E-state index contributed by atoms with van der Waals surface area (Å²) < 4.78 is 21.1. The summed E-state index contributed by atoms with van der Waals surface area (Å²) in [6, 6.07) is 0. The lowest BCUT2D eigenvalue weighted by Crippen LogP contribution is -2.17. The lowest BCUT2D eigenvalue weighted by Gasteiger charge is -2.03. The van der Waals surface area contributed by atoms with E-state index in [9.17, 15) is 13.6 Å². The standard InChI is InChI=1S/C5H9NO.CCl2F2.CH2Cl2/c1-6-4-2-3-5(6)7;2-1(3,4)5;2-1-3/h2-4H2,1H3;;1H2. The summed E-state index contributed by atoms with van der Waals surface area (Å²) in [7, 11) is 1.84. The highest BCUT2D eigenvalue weighted by Crippen LogP contribution is 2.22. The summed E-state index contributed by atoms with van der Waals surface area (Å²) in [6.45, 7) is 0.957. The summed E-state index contributed by atoms with van der Waals surface area (Å²) in [5, 5.41) is 0.194. The molecule has 0 aromatic heterocycles. The van der Waals surface area contributed by atoms with E-state index in [0.29, 0.717) is 5.91 Å². The Morgan fingerprint density at radius 3 is 1.80 bits per heavy atom. The molecule has 1 fully saturated rings. The number of halogens is 6. The van der Waals surface area contributed by atoms with Crippen molar-refractivity contribution in [3.63, 3.8) is 0 Å². The third kappa shape index (κ3) is 20.5. The topological polar surface area (TPSA) is 20.3 Å². The minimum atomic E-state index is -3.56. The van der Waals surface area contributed by atoms with Gasteiger partial charge in [-0.2, -0.15) is 8.78 Å². The van der Waals surface area contributed by atoms with Crippen molar-refractivity contribution in [1.82, 2.24) is 4.90 Å². The van der Waals surface area contributed by atoms with E-state index >= 15 is 0 Å². The average Bonchev–Trinajstić information content (AvgIpc) is 2.34. The largest absolute Gasteiger partial charge is 0.401 e. The lowest BCUT2D eigenvalue weighted by atomic mass is 10.4. The zero-order valence-corrected chi connectivity index (χ0v) is 11.0. The molecule has 0 aliphatic carbocycles. The first kappa shape index (κ1) is 17.9. The van der Waals surface area contributed by atoms with Crippen LogP contribution in [0.15, 0.2) is 0 Å². The molecule has 0 atom stereocenters. The highest BCUT2D eigenvalue weighted by molar-refractivity contribution is 6.45. The van der Waals surface area contributed by atoms with Crippen LogP contribution in [-0.2, 0) is 4.79 Å². The predicted molar refractivity (Wildman–Crippen MR) is 60.1 cm³/mol. The van der Waals surface area contributed by atoms with Crippen molar-refractivity contribution in [3.05, 3.63) is 0 Å². The van der Waals surface area contributed by atoms with Gasteiger partial charge < -0.3 is 4.90 Å². The number of nitrogens with zero attached hydrogens (tertiary/aromatic N) is 1. The first-order valence-corrected chi connectivity index (χ1v) is 5.66. The van der Waals surface area contributed by atoms with Crippen LogP contribution in [0.5, 0.6) is 0 Å². The highest BCUT2D eigenvalue weighted by atomic mass is 35.5. The van der Waals surface area contributed by atoms with Gasteiger partial charge in [0.2, 0.25) is 5.91 Å². The van der Waals surface area contributed by atoms with E-state index < -0.39 is 4.84 Å². The summed E-state index contributed by atoms with van der Waals surface area (Å²) in [6.07, 6.45) is 1.81. The van der Waals surface area contributed by atoms with Crippen LogP contribution in [-0.4, -0.2) is 34.6 Å². The van der Waals surface area contributed by atoms with Crippen molar-refractivity contribution in [2.75, 3.05) is 18.9 Å². The predicted octanol–water partition coefficient (Wildman–Crippen LogP) is 3.67. The van der Waals surface area contributed by atoms with E-state index in [1.165, 1.54) is 0 Å². The molecule has 0 radical (unpaired) electrons. The van der Waals surface area contributed by atoms with E-state index in [0.717, 1.165) is 19.4 Å². The second kappa shape index (κ2) is 9.70. The molecule has 1 saturated heterocycles. The molecule has 0 aromatic rings. The Kier molecular flexibility index (Phi) is 11.6. The van der Waals surface area contributed by atoms with Gasteiger partial charge in [0.15, 0.2) is 0 Å². The number of carbonyl (C=O) groups is 1. The second-order valence-electron chi connectivity index (χ2n) is 2.45. The number of hydrogen-bond donors (Lipinski definition) is 0. The van der Waals surface area contributed by atoms with Crippen molar-refractivity contribution >= 4 is 52.3 Å². The van der Waals surface area contributed by atoms with Crippen LogP contribution in [0.3, 0.4) is 0 Å². The SMILES string of the molecule is CN1CCCC1=O.ClCCl.FC(F)(Cl)Cl. The van der Waals surface area contributed by atoms with E-state index in [-0.39, 0.29) is 5.34 Å². The number of rotatable bonds is 0. The molecular weight excluding hydrogens is 294 g/mol. The molecule has 2 nitrogen and oxygen atoms in total. The van der Waals surface area contributed by atoms with Gasteiger partial charge in [-0.15, -0.1) is 23.2 Å². The smallest absolute Gasteiger partial charge is 0.346 e. The molecule has 0 aromatic carbocycles. The third-order valence-corrected chi connectivity index (χ3v) is 1.31. The van der Waals surface area contributed by atoms with E-state index in [4.69, 9.17) is 23.2 Å². The van der Waals surface area contributed by atoms with Crippen molar-refractivity contribution in [2.24, 2.45) is 0 Å². The van der Waals surface area contributed by atoms with E-state index in [1.807, 2.05) is 7.05 Å². The van der Waals surface area contributed by atoms with Gasteiger partial charge in [0, 0.05) is 20.0 Å². The van der Waals surface area contributed by atoms with Crippen LogP contribution >= 0.6 is 46.4 Å². The molecule has 0 unspecified atom stereocenters. The summed E-state index contributed by atoms with van der Waals surface area (Å²) >= 11 is 17.5. The minimum absolute atomic E-state index is 0.194. The van der Waals surface area contributed by atoms with Crippen LogP contribution in [0, 0.1) is 0 Å². The van der Waals surface area contributed by atoms with Gasteiger partial charge in [-0.1, -0.05) is 0 Å². The molecule has 8 heteroatoms. The molecule has 1 aliphatic heterocycles. The number of hydrogen-bond acceptors (Lipinski definition) is 1. The summed E-state index contributed by atoms with van der Waals surface area (Å²) in [5.41, 5.74) is 0. The van der Waals surface area contributed by atoms with Crippen LogP contribution in [0.2, 0.25) is 0 Å². The van der Waals surface area contributed by atoms with Gasteiger partial charge in [-0.25, -0.2) is 0 Å². The molecule has 1 heterocycles. The number of alkyl halides is 6. The van der Waals surface area contributed by atoms with Gasteiger partial charge >= 0.3 is 4.84 Å². The second-order valence-corrected chi connectivity index (χ2v) is 4.40. The maximum Gasteiger partial charge on any atom is 0.401 e. The molecule has 1 aliphatic rings. The van der Waals surface area contributed by atoms with Gasteiger partial charge in [-0.3, -0.25) is 4.79 Å². The number of carbonyl (C=O) groups excluding carboxylic acids is 1.